The van der Waals surface area contributed by atoms with E-state index in [9.17, 15) is 8.42 Å². The lowest BCUT2D eigenvalue weighted by molar-refractivity contribution is 0.0241. The molecule has 0 bridgehead atoms. The lowest BCUT2D eigenvalue weighted by Crippen LogP contribution is -2.40. The van der Waals surface area contributed by atoms with E-state index in [-0.39, 0.29) is 10.9 Å². The normalized spacial score (nSPS) is 21.2. The van der Waals surface area contributed by atoms with Crippen molar-refractivity contribution in [1.82, 2.24) is 4.90 Å². The zero-order chi connectivity index (χ0) is 21.3. The van der Waals surface area contributed by atoms with Gasteiger partial charge in [0.1, 0.15) is 0 Å². The topological polar surface area (TPSA) is 59.1 Å². The van der Waals surface area contributed by atoms with E-state index in [0.717, 1.165) is 28.7 Å². The van der Waals surface area contributed by atoms with Crippen LogP contribution in [0.3, 0.4) is 0 Å². The molecule has 1 saturated heterocycles. The van der Waals surface area contributed by atoms with Gasteiger partial charge in [-0.05, 0) is 43.3 Å². The number of hydrogen-bond acceptors (Lipinski definition) is 5. The summed E-state index contributed by atoms with van der Waals surface area (Å²) in [6.45, 7) is 4.99. The van der Waals surface area contributed by atoms with Gasteiger partial charge in [0, 0.05) is 30.2 Å². The number of morpholine rings is 1. The number of rotatable bonds is 5. The van der Waals surface area contributed by atoms with Gasteiger partial charge in [-0.3, -0.25) is 4.90 Å². The Kier molecular flexibility index (Phi) is 6.31. The maximum Gasteiger partial charge on any atom is 0.268 e. The average molecular weight is 493 g/mol. The molecule has 0 amide bonds. The Hall–Kier alpha value is -1.71. The van der Waals surface area contributed by atoms with Gasteiger partial charge in [0.15, 0.2) is 0 Å². The Morgan fingerprint density at radius 1 is 1.17 bits per heavy atom. The van der Waals surface area contributed by atoms with Crippen molar-refractivity contribution in [3.8, 4) is 0 Å². The Labute approximate surface area is 186 Å². The number of hydrogen-bond donors (Lipinski definition) is 0. The van der Waals surface area contributed by atoms with Crippen LogP contribution in [0.4, 0.5) is 5.69 Å². The molecule has 6 nitrogen and oxygen atoms in total. The first-order chi connectivity index (χ1) is 14.4. The predicted molar refractivity (Wildman–Crippen MR) is 120 cm³/mol. The highest BCUT2D eigenvalue weighted by Gasteiger charge is 2.43. The molecule has 2 heterocycles. The smallest absolute Gasteiger partial charge is 0.268 e. The lowest BCUT2D eigenvalue weighted by atomic mass is 10.0. The largest absolute Gasteiger partial charge is 0.381 e. The van der Waals surface area contributed by atoms with Crippen LogP contribution in [0.5, 0.6) is 0 Å². The Bertz CT molecular complexity index is 1050. The Balaban J connectivity index is 1.89. The molecule has 0 aliphatic carbocycles. The standard InChI is InChI=1S/C22H25BrN2O4S/c1-16-3-6-18(7-4-16)30(26,27)25-20-8-5-17(23)15-19(20)22(21(25)9-12-28-2)24-10-13-29-14-11-24/h3-9,15,22H,10-14H2,1-2H3/b21-9+. The third-order valence-electron chi connectivity index (χ3n) is 5.45. The molecule has 2 aliphatic heterocycles. The highest BCUT2D eigenvalue weighted by Crippen LogP contribution is 2.49. The minimum absolute atomic E-state index is 0.184. The molecular weight excluding hydrogens is 468 g/mol. The average Bonchev–Trinajstić information content (AvgIpc) is 3.07. The van der Waals surface area contributed by atoms with Gasteiger partial charge in [-0.2, -0.15) is 0 Å². The number of anilines is 1. The van der Waals surface area contributed by atoms with Crippen LogP contribution < -0.4 is 4.31 Å². The van der Waals surface area contributed by atoms with Crippen molar-refractivity contribution in [2.24, 2.45) is 0 Å². The molecule has 0 saturated carbocycles. The van der Waals surface area contributed by atoms with E-state index in [1.165, 1.54) is 4.31 Å². The number of ether oxygens (including phenoxy) is 2. The monoisotopic (exact) mass is 492 g/mol. The number of nitrogens with zero attached hydrogens (tertiary/aromatic N) is 2. The van der Waals surface area contributed by atoms with E-state index in [2.05, 4.69) is 20.8 Å². The zero-order valence-electron chi connectivity index (χ0n) is 17.0. The van der Waals surface area contributed by atoms with Gasteiger partial charge in [0.25, 0.3) is 10.0 Å². The first-order valence-corrected chi connectivity index (χ1v) is 12.1. The third-order valence-corrected chi connectivity index (χ3v) is 7.70. The SMILES string of the molecule is COC/C=C1\C(N2CCOCC2)c2cc(Br)ccc2N1S(=O)(=O)c1ccc(C)cc1. The van der Waals surface area contributed by atoms with E-state index in [4.69, 9.17) is 9.47 Å². The quantitative estimate of drug-likeness (QED) is 0.633. The summed E-state index contributed by atoms with van der Waals surface area (Å²) in [5.74, 6) is 0. The van der Waals surface area contributed by atoms with Crippen molar-refractivity contribution in [3.05, 3.63) is 69.8 Å². The number of methoxy groups -OCH3 is 1. The molecule has 1 fully saturated rings. The highest BCUT2D eigenvalue weighted by atomic mass is 79.9. The van der Waals surface area contributed by atoms with Crippen LogP contribution in [0.25, 0.3) is 0 Å². The van der Waals surface area contributed by atoms with Crippen molar-refractivity contribution in [2.75, 3.05) is 44.3 Å². The minimum Gasteiger partial charge on any atom is -0.381 e. The van der Waals surface area contributed by atoms with Crippen LogP contribution in [-0.2, 0) is 19.5 Å². The minimum atomic E-state index is -3.80. The fourth-order valence-corrected chi connectivity index (χ4v) is 5.95. The fourth-order valence-electron chi connectivity index (χ4n) is 4.01. The first kappa shape index (κ1) is 21.5. The van der Waals surface area contributed by atoms with E-state index < -0.39 is 10.0 Å². The van der Waals surface area contributed by atoms with Gasteiger partial charge in [-0.25, -0.2) is 12.7 Å². The van der Waals surface area contributed by atoms with Gasteiger partial charge in [-0.15, -0.1) is 0 Å². The molecule has 0 spiro atoms. The molecule has 0 radical (unpaired) electrons. The second-order valence-electron chi connectivity index (χ2n) is 7.42. The van der Waals surface area contributed by atoms with Crippen LogP contribution in [-0.4, -0.2) is 53.3 Å². The molecule has 2 aromatic rings. The summed E-state index contributed by atoms with van der Waals surface area (Å²) in [4.78, 5) is 2.55. The van der Waals surface area contributed by atoms with Crippen molar-refractivity contribution in [3.63, 3.8) is 0 Å². The number of benzene rings is 2. The molecule has 2 aliphatic rings. The number of sulfonamides is 1. The third kappa shape index (κ3) is 3.94. The second kappa shape index (κ2) is 8.80. The summed E-state index contributed by atoms with van der Waals surface area (Å²) in [5.41, 5.74) is 3.36. The maximum absolute atomic E-state index is 13.8. The van der Waals surface area contributed by atoms with Gasteiger partial charge in [0.05, 0.1) is 42.1 Å². The van der Waals surface area contributed by atoms with Crippen molar-refractivity contribution < 1.29 is 17.9 Å². The van der Waals surface area contributed by atoms with E-state index in [1.807, 2.05) is 43.3 Å². The number of fused-ring (bicyclic) bond motifs is 1. The summed E-state index contributed by atoms with van der Waals surface area (Å²) in [6.07, 6.45) is 1.87. The van der Waals surface area contributed by atoms with Crippen molar-refractivity contribution >= 4 is 31.6 Å². The summed E-state index contributed by atoms with van der Waals surface area (Å²) in [5, 5.41) is 0. The van der Waals surface area contributed by atoms with Crippen molar-refractivity contribution in [2.45, 2.75) is 17.9 Å². The molecule has 8 heteroatoms. The Morgan fingerprint density at radius 3 is 2.53 bits per heavy atom. The maximum atomic E-state index is 13.8. The summed E-state index contributed by atoms with van der Waals surface area (Å²) < 4.78 is 40.8. The molecule has 0 aromatic heterocycles. The summed E-state index contributed by atoms with van der Waals surface area (Å²) >= 11 is 3.56. The van der Waals surface area contributed by atoms with Gasteiger partial charge >= 0.3 is 0 Å². The van der Waals surface area contributed by atoms with Crippen molar-refractivity contribution in [1.29, 1.82) is 0 Å². The van der Waals surface area contributed by atoms with Crippen LogP contribution in [0.2, 0.25) is 0 Å². The molecule has 30 heavy (non-hydrogen) atoms. The zero-order valence-corrected chi connectivity index (χ0v) is 19.4. The Morgan fingerprint density at radius 2 is 1.87 bits per heavy atom. The van der Waals surface area contributed by atoms with Gasteiger partial charge in [-0.1, -0.05) is 33.6 Å². The molecule has 1 unspecified atom stereocenters. The molecule has 1 atom stereocenters. The molecule has 0 N–H and O–H groups in total. The van der Waals surface area contributed by atoms with Gasteiger partial charge in [0.2, 0.25) is 0 Å². The van der Waals surface area contributed by atoms with E-state index in [1.54, 1.807) is 19.2 Å². The van der Waals surface area contributed by atoms with Crippen LogP contribution in [0.15, 0.2) is 63.6 Å². The fraction of sp³-hybridized carbons (Fsp3) is 0.364. The van der Waals surface area contributed by atoms with Crippen LogP contribution in [0, 0.1) is 6.92 Å². The van der Waals surface area contributed by atoms with Crippen LogP contribution >= 0.6 is 15.9 Å². The summed E-state index contributed by atoms with van der Waals surface area (Å²) in [7, 11) is -2.19. The predicted octanol–water partition coefficient (Wildman–Crippen LogP) is 3.87. The van der Waals surface area contributed by atoms with Crippen LogP contribution in [0.1, 0.15) is 17.2 Å². The number of halogens is 1. The van der Waals surface area contributed by atoms with Gasteiger partial charge < -0.3 is 9.47 Å². The molecule has 2 aromatic carbocycles. The van der Waals surface area contributed by atoms with E-state index >= 15 is 0 Å². The number of aryl methyl sites for hydroxylation is 1. The molecule has 160 valence electrons. The molecule has 4 rings (SSSR count). The lowest BCUT2D eigenvalue weighted by Gasteiger charge is -2.34. The van der Waals surface area contributed by atoms with E-state index in [0.29, 0.717) is 31.2 Å². The first-order valence-electron chi connectivity index (χ1n) is 9.85. The highest BCUT2D eigenvalue weighted by molar-refractivity contribution is 9.10. The molecular formula is C22H25BrN2O4S. The summed E-state index contributed by atoms with van der Waals surface area (Å²) in [6, 6.07) is 12.6. The second-order valence-corrected chi connectivity index (χ2v) is 10.1.